The number of aryl methyl sites for hydroxylation is 1. The molecule has 0 fully saturated rings. The highest BCUT2D eigenvalue weighted by molar-refractivity contribution is 5.39. The number of benzene rings is 1. The summed E-state index contributed by atoms with van der Waals surface area (Å²) in [5.41, 5.74) is 2.31. The van der Waals surface area contributed by atoms with E-state index in [0.717, 1.165) is 37.2 Å². The molecule has 3 atom stereocenters. The first kappa shape index (κ1) is 16.3. The van der Waals surface area contributed by atoms with Crippen LogP contribution in [0, 0.1) is 5.92 Å². The van der Waals surface area contributed by atoms with Crippen LogP contribution in [-0.2, 0) is 6.42 Å². The molecule has 0 saturated carbocycles. The van der Waals surface area contributed by atoms with Gasteiger partial charge >= 0.3 is 0 Å². The molecule has 0 aromatic heterocycles. The fraction of sp³-hybridized carbons (Fsp3) is 0.667. The molecule has 118 valence electrons. The second-order valence-electron chi connectivity index (χ2n) is 6.22. The molecule has 3 unspecified atom stereocenters. The number of rotatable bonds is 6. The molecule has 0 heterocycles. The van der Waals surface area contributed by atoms with Crippen LogP contribution < -0.4 is 4.74 Å². The fourth-order valence-electron chi connectivity index (χ4n) is 3.28. The number of likely N-dealkylation sites (N-methyl/N-ethyl adjacent to an activating group) is 1. The van der Waals surface area contributed by atoms with Gasteiger partial charge in [0.1, 0.15) is 5.75 Å². The van der Waals surface area contributed by atoms with Crippen molar-refractivity contribution in [3.63, 3.8) is 0 Å². The third-order valence-corrected chi connectivity index (χ3v) is 4.86. The molecule has 0 radical (unpaired) electrons. The Balaban J connectivity index is 2.19. The number of ether oxygens (including phenoxy) is 1. The van der Waals surface area contributed by atoms with Gasteiger partial charge in [0.05, 0.1) is 13.2 Å². The van der Waals surface area contributed by atoms with Gasteiger partial charge in [0.25, 0.3) is 0 Å². The lowest BCUT2D eigenvalue weighted by Crippen LogP contribution is -2.44. The quantitative estimate of drug-likeness (QED) is 0.872. The molecule has 1 aromatic carbocycles. The predicted molar refractivity (Wildman–Crippen MR) is 86.8 cm³/mol. The summed E-state index contributed by atoms with van der Waals surface area (Å²) in [6, 6.07) is 6.31. The maximum Gasteiger partial charge on any atom is 0.119 e. The Morgan fingerprint density at radius 3 is 2.76 bits per heavy atom. The third kappa shape index (κ3) is 3.58. The molecule has 0 bridgehead atoms. The molecular formula is C18H29NO2. The van der Waals surface area contributed by atoms with Crippen LogP contribution in [0.3, 0.4) is 0 Å². The molecule has 3 heteroatoms. The van der Waals surface area contributed by atoms with Crippen LogP contribution >= 0.6 is 0 Å². The van der Waals surface area contributed by atoms with Crippen LogP contribution in [-0.4, -0.2) is 36.2 Å². The summed E-state index contributed by atoms with van der Waals surface area (Å²) < 4.78 is 5.31. The van der Waals surface area contributed by atoms with Crippen molar-refractivity contribution in [1.82, 2.24) is 4.90 Å². The van der Waals surface area contributed by atoms with Gasteiger partial charge in [0.2, 0.25) is 0 Å². The molecule has 0 spiro atoms. The standard InChI is InChI=1S/C18H29NO2/c1-5-13(3)12-19(6-2)17-10-8-14-7-9-15(21-4)11-16(14)18(17)20/h7,9,11,13,17-18,20H,5-6,8,10,12H2,1-4H3. The first-order valence-electron chi connectivity index (χ1n) is 8.19. The number of fused-ring (bicyclic) bond motifs is 1. The van der Waals surface area contributed by atoms with Crippen LogP contribution in [0.2, 0.25) is 0 Å². The van der Waals surface area contributed by atoms with Gasteiger partial charge in [-0.1, -0.05) is 33.3 Å². The molecule has 0 aliphatic heterocycles. The number of hydrogen-bond donors (Lipinski definition) is 1. The normalized spacial score (nSPS) is 23.0. The molecule has 0 amide bonds. The van der Waals surface area contributed by atoms with Crippen molar-refractivity contribution < 1.29 is 9.84 Å². The molecule has 1 aliphatic carbocycles. The minimum atomic E-state index is -0.409. The average molecular weight is 291 g/mol. The highest BCUT2D eigenvalue weighted by atomic mass is 16.5. The predicted octanol–water partition coefficient (Wildman–Crippen LogP) is 3.41. The van der Waals surface area contributed by atoms with E-state index in [0.29, 0.717) is 5.92 Å². The highest BCUT2D eigenvalue weighted by Crippen LogP contribution is 2.35. The van der Waals surface area contributed by atoms with Crippen molar-refractivity contribution in [3.8, 4) is 5.75 Å². The summed E-state index contributed by atoms with van der Waals surface area (Å²) >= 11 is 0. The van der Waals surface area contributed by atoms with Crippen LogP contribution in [0.5, 0.6) is 5.75 Å². The molecule has 2 rings (SSSR count). The molecule has 3 nitrogen and oxygen atoms in total. The monoisotopic (exact) mass is 291 g/mol. The van der Waals surface area contributed by atoms with E-state index in [1.165, 1.54) is 12.0 Å². The Kier molecular flexibility index (Phi) is 5.65. The van der Waals surface area contributed by atoms with Crippen molar-refractivity contribution >= 4 is 0 Å². The zero-order valence-electron chi connectivity index (χ0n) is 13.8. The van der Waals surface area contributed by atoms with Gasteiger partial charge in [-0.05, 0) is 48.6 Å². The summed E-state index contributed by atoms with van der Waals surface area (Å²) in [5, 5.41) is 10.8. The van der Waals surface area contributed by atoms with E-state index >= 15 is 0 Å². The number of hydrogen-bond acceptors (Lipinski definition) is 3. The second kappa shape index (κ2) is 7.28. The topological polar surface area (TPSA) is 32.7 Å². The van der Waals surface area contributed by atoms with Crippen LogP contribution in [0.25, 0.3) is 0 Å². The van der Waals surface area contributed by atoms with Gasteiger partial charge in [-0.2, -0.15) is 0 Å². The molecule has 0 saturated heterocycles. The minimum Gasteiger partial charge on any atom is -0.497 e. The summed E-state index contributed by atoms with van der Waals surface area (Å²) in [7, 11) is 1.68. The maximum absolute atomic E-state index is 10.8. The van der Waals surface area contributed by atoms with Crippen molar-refractivity contribution in [2.75, 3.05) is 20.2 Å². The summed E-state index contributed by atoms with van der Waals surface area (Å²) in [6.45, 7) is 8.76. The smallest absolute Gasteiger partial charge is 0.119 e. The van der Waals surface area contributed by atoms with Crippen LogP contribution in [0.4, 0.5) is 0 Å². The van der Waals surface area contributed by atoms with Gasteiger partial charge in [-0.25, -0.2) is 0 Å². The summed E-state index contributed by atoms with van der Waals surface area (Å²) in [6.07, 6.45) is 2.85. The minimum absolute atomic E-state index is 0.226. The largest absolute Gasteiger partial charge is 0.497 e. The van der Waals surface area contributed by atoms with Gasteiger partial charge in [-0.15, -0.1) is 0 Å². The Labute approximate surface area is 128 Å². The third-order valence-electron chi connectivity index (χ3n) is 4.86. The average Bonchev–Trinajstić information content (AvgIpc) is 2.53. The number of aliphatic hydroxyl groups is 1. The lowest BCUT2D eigenvalue weighted by molar-refractivity contribution is 0.0312. The second-order valence-corrected chi connectivity index (χ2v) is 6.22. The maximum atomic E-state index is 10.8. The Morgan fingerprint density at radius 1 is 1.38 bits per heavy atom. The van der Waals surface area contributed by atoms with Crippen molar-refractivity contribution in [2.45, 2.75) is 52.2 Å². The first-order chi connectivity index (χ1) is 10.1. The van der Waals surface area contributed by atoms with E-state index in [1.54, 1.807) is 7.11 Å². The Morgan fingerprint density at radius 2 is 2.14 bits per heavy atom. The number of aliphatic hydroxyl groups excluding tert-OH is 1. The lowest BCUT2D eigenvalue weighted by atomic mass is 9.84. The molecule has 1 N–H and O–H groups in total. The van der Waals surface area contributed by atoms with E-state index in [2.05, 4.69) is 31.7 Å². The zero-order valence-corrected chi connectivity index (χ0v) is 13.8. The van der Waals surface area contributed by atoms with E-state index in [-0.39, 0.29) is 6.04 Å². The lowest BCUT2D eigenvalue weighted by Gasteiger charge is -2.39. The van der Waals surface area contributed by atoms with Gasteiger partial charge in [-0.3, -0.25) is 4.90 Å². The molecule has 1 aliphatic rings. The first-order valence-corrected chi connectivity index (χ1v) is 8.19. The van der Waals surface area contributed by atoms with Gasteiger partial charge in [0.15, 0.2) is 0 Å². The van der Waals surface area contributed by atoms with E-state index < -0.39 is 6.10 Å². The van der Waals surface area contributed by atoms with Crippen LogP contribution in [0.1, 0.15) is 50.8 Å². The highest BCUT2D eigenvalue weighted by Gasteiger charge is 2.32. The zero-order chi connectivity index (χ0) is 15.4. The van der Waals surface area contributed by atoms with Crippen molar-refractivity contribution in [1.29, 1.82) is 0 Å². The Bertz CT molecular complexity index is 461. The summed E-state index contributed by atoms with van der Waals surface area (Å²) in [4.78, 5) is 2.45. The SMILES string of the molecule is CCC(C)CN(CC)C1CCc2ccc(OC)cc2C1O. The Hall–Kier alpha value is -1.06. The molecule has 21 heavy (non-hydrogen) atoms. The number of methoxy groups -OCH3 is 1. The van der Waals surface area contributed by atoms with E-state index in [9.17, 15) is 5.11 Å². The number of nitrogens with zero attached hydrogens (tertiary/aromatic N) is 1. The van der Waals surface area contributed by atoms with E-state index in [4.69, 9.17) is 4.74 Å². The van der Waals surface area contributed by atoms with Gasteiger partial charge in [0, 0.05) is 12.6 Å². The van der Waals surface area contributed by atoms with E-state index in [1.807, 2.05) is 12.1 Å². The van der Waals surface area contributed by atoms with Crippen molar-refractivity contribution in [3.05, 3.63) is 29.3 Å². The molecular weight excluding hydrogens is 262 g/mol. The van der Waals surface area contributed by atoms with Crippen molar-refractivity contribution in [2.24, 2.45) is 5.92 Å². The summed E-state index contributed by atoms with van der Waals surface area (Å²) in [5.74, 6) is 1.50. The molecule has 1 aromatic rings. The fourth-order valence-corrected chi connectivity index (χ4v) is 3.28. The van der Waals surface area contributed by atoms with Crippen LogP contribution in [0.15, 0.2) is 18.2 Å². The van der Waals surface area contributed by atoms with Gasteiger partial charge < -0.3 is 9.84 Å².